The largest absolute Gasteiger partial charge is 0.444 e. The molecule has 1 aliphatic carbocycles. The van der Waals surface area contributed by atoms with E-state index in [9.17, 15) is 9.18 Å². The number of nitrogens with one attached hydrogen (secondary N) is 1. The number of piperazine rings is 1. The molecule has 0 atom stereocenters. The molecule has 31 heavy (non-hydrogen) atoms. The van der Waals surface area contributed by atoms with E-state index in [0.717, 1.165) is 29.6 Å². The van der Waals surface area contributed by atoms with Crippen LogP contribution in [0.15, 0.2) is 36.8 Å². The Kier molecular flexibility index (Phi) is 4.42. The SMILES string of the molecule is CC(C)(C)OC(=O)N1CCN(c2ncnc3[nH]cc(-c4ccccc4F)c23)CC12CC2. The molecule has 0 radical (unpaired) electrons. The second kappa shape index (κ2) is 6.93. The summed E-state index contributed by atoms with van der Waals surface area (Å²) >= 11 is 0. The zero-order valence-electron chi connectivity index (χ0n) is 18.0. The molecule has 1 saturated carbocycles. The van der Waals surface area contributed by atoms with Crippen LogP contribution in [0.5, 0.6) is 0 Å². The molecule has 2 fully saturated rings. The highest BCUT2D eigenvalue weighted by atomic mass is 19.1. The first-order valence-electron chi connectivity index (χ1n) is 10.6. The van der Waals surface area contributed by atoms with Gasteiger partial charge in [0.15, 0.2) is 0 Å². The third-order valence-corrected chi connectivity index (χ3v) is 6.01. The number of hydrogen-bond donors (Lipinski definition) is 1. The van der Waals surface area contributed by atoms with Crippen LogP contribution in [-0.2, 0) is 4.74 Å². The van der Waals surface area contributed by atoms with Crippen molar-refractivity contribution >= 4 is 22.9 Å². The summed E-state index contributed by atoms with van der Waals surface area (Å²) in [5.41, 5.74) is 1.17. The normalized spacial score (nSPS) is 17.9. The molecule has 1 aromatic carbocycles. The molecule has 3 aromatic rings. The fraction of sp³-hybridized carbons (Fsp3) is 0.435. The van der Waals surface area contributed by atoms with E-state index in [1.54, 1.807) is 18.3 Å². The van der Waals surface area contributed by atoms with Crippen LogP contribution in [0.25, 0.3) is 22.2 Å². The minimum absolute atomic E-state index is 0.230. The van der Waals surface area contributed by atoms with E-state index in [4.69, 9.17) is 4.74 Å². The van der Waals surface area contributed by atoms with Gasteiger partial charge < -0.3 is 14.6 Å². The van der Waals surface area contributed by atoms with E-state index in [-0.39, 0.29) is 17.4 Å². The van der Waals surface area contributed by atoms with E-state index < -0.39 is 5.60 Å². The second-order valence-corrected chi connectivity index (χ2v) is 9.38. The van der Waals surface area contributed by atoms with Gasteiger partial charge in [-0.25, -0.2) is 19.2 Å². The van der Waals surface area contributed by atoms with Crippen LogP contribution in [0.1, 0.15) is 33.6 Å². The molecule has 3 heterocycles. The van der Waals surface area contributed by atoms with Crippen LogP contribution in [0.3, 0.4) is 0 Å². The number of halogens is 1. The molecule has 7 nitrogen and oxygen atoms in total. The highest BCUT2D eigenvalue weighted by Crippen LogP contribution is 2.46. The summed E-state index contributed by atoms with van der Waals surface area (Å²) in [5, 5.41) is 0.800. The molecule has 5 rings (SSSR count). The third kappa shape index (κ3) is 3.49. The van der Waals surface area contributed by atoms with Crippen LogP contribution >= 0.6 is 0 Å². The molecule has 162 valence electrons. The van der Waals surface area contributed by atoms with Crippen molar-refractivity contribution < 1.29 is 13.9 Å². The van der Waals surface area contributed by atoms with Crippen LogP contribution in [0, 0.1) is 5.82 Å². The maximum Gasteiger partial charge on any atom is 0.410 e. The van der Waals surface area contributed by atoms with E-state index in [1.165, 1.54) is 12.4 Å². The number of benzene rings is 1. The number of fused-ring (bicyclic) bond motifs is 1. The molecule has 0 unspecified atom stereocenters. The summed E-state index contributed by atoms with van der Waals surface area (Å²) in [7, 11) is 0. The Labute approximate surface area is 180 Å². The summed E-state index contributed by atoms with van der Waals surface area (Å²) in [6, 6.07) is 6.71. The first-order chi connectivity index (χ1) is 14.8. The Hall–Kier alpha value is -3.16. The predicted molar refractivity (Wildman–Crippen MR) is 116 cm³/mol. The van der Waals surface area contributed by atoms with Crippen LogP contribution < -0.4 is 4.90 Å². The molecular formula is C23H26FN5O2. The number of rotatable bonds is 2. The molecule has 8 heteroatoms. The van der Waals surface area contributed by atoms with Gasteiger partial charge in [0.2, 0.25) is 0 Å². The monoisotopic (exact) mass is 423 g/mol. The number of carbonyl (C=O) groups excluding carboxylic acids is 1. The highest BCUT2D eigenvalue weighted by molar-refractivity contribution is 6.01. The van der Waals surface area contributed by atoms with Gasteiger partial charge in [0.1, 0.15) is 29.2 Å². The molecule has 2 aromatic heterocycles. The minimum atomic E-state index is -0.525. The average Bonchev–Trinajstić information content (AvgIpc) is 3.33. The van der Waals surface area contributed by atoms with Gasteiger partial charge in [0, 0.05) is 37.0 Å². The Balaban J connectivity index is 1.49. The van der Waals surface area contributed by atoms with E-state index in [0.29, 0.717) is 30.8 Å². The Morgan fingerprint density at radius 3 is 2.65 bits per heavy atom. The summed E-state index contributed by atoms with van der Waals surface area (Å²) in [4.78, 5) is 28.9. The van der Waals surface area contributed by atoms with Gasteiger partial charge in [-0.05, 0) is 39.7 Å². The van der Waals surface area contributed by atoms with Gasteiger partial charge >= 0.3 is 6.09 Å². The van der Waals surface area contributed by atoms with Crippen molar-refractivity contribution in [2.75, 3.05) is 24.5 Å². The van der Waals surface area contributed by atoms with Crippen LogP contribution in [0.2, 0.25) is 0 Å². The van der Waals surface area contributed by atoms with Crippen molar-refractivity contribution in [3.05, 3.63) is 42.6 Å². The highest BCUT2D eigenvalue weighted by Gasteiger charge is 2.54. The first-order valence-corrected chi connectivity index (χ1v) is 10.6. The van der Waals surface area contributed by atoms with Crippen molar-refractivity contribution in [2.24, 2.45) is 0 Å². The lowest BCUT2D eigenvalue weighted by molar-refractivity contribution is 0.0106. The molecule has 0 bridgehead atoms. The average molecular weight is 423 g/mol. The summed E-state index contributed by atoms with van der Waals surface area (Å²) < 4.78 is 20.2. The van der Waals surface area contributed by atoms with Crippen molar-refractivity contribution in [3.8, 4) is 11.1 Å². The number of amides is 1. The van der Waals surface area contributed by atoms with Gasteiger partial charge in [0.25, 0.3) is 0 Å². The maximum atomic E-state index is 14.5. The molecule has 1 N–H and O–H groups in total. The van der Waals surface area contributed by atoms with Crippen LogP contribution in [0.4, 0.5) is 15.0 Å². The zero-order chi connectivity index (χ0) is 21.8. The van der Waals surface area contributed by atoms with Crippen molar-refractivity contribution in [1.82, 2.24) is 19.9 Å². The summed E-state index contributed by atoms with van der Waals surface area (Å²) in [5.74, 6) is 0.478. The number of H-pyrrole nitrogens is 1. The first kappa shape index (κ1) is 19.8. The number of ether oxygens (including phenoxy) is 1. The lowest BCUT2D eigenvalue weighted by atomic mass is 10.0. The topological polar surface area (TPSA) is 74.3 Å². The van der Waals surface area contributed by atoms with E-state index in [2.05, 4.69) is 19.9 Å². The lowest BCUT2D eigenvalue weighted by Gasteiger charge is -2.43. The van der Waals surface area contributed by atoms with Gasteiger partial charge in [-0.1, -0.05) is 18.2 Å². The van der Waals surface area contributed by atoms with Crippen LogP contribution in [-0.4, -0.2) is 56.7 Å². The van der Waals surface area contributed by atoms with E-state index in [1.807, 2.05) is 31.7 Å². The predicted octanol–water partition coefficient (Wildman–Crippen LogP) is 4.35. The molecule has 2 aliphatic rings. The molecular weight excluding hydrogens is 397 g/mol. The van der Waals surface area contributed by atoms with Crippen molar-refractivity contribution in [3.63, 3.8) is 0 Å². The zero-order valence-corrected chi connectivity index (χ0v) is 18.0. The fourth-order valence-electron chi connectivity index (χ4n) is 4.41. The number of nitrogens with zero attached hydrogens (tertiary/aromatic N) is 4. The summed E-state index contributed by atoms with van der Waals surface area (Å²) in [6.45, 7) is 7.49. The molecule has 1 aliphatic heterocycles. The summed E-state index contributed by atoms with van der Waals surface area (Å²) in [6.07, 6.45) is 4.92. The third-order valence-electron chi connectivity index (χ3n) is 6.01. The van der Waals surface area contributed by atoms with Gasteiger partial charge in [-0.15, -0.1) is 0 Å². The Morgan fingerprint density at radius 2 is 1.94 bits per heavy atom. The quantitative estimate of drug-likeness (QED) is 0.663. The minimum Gasteiger partial charge on any atom is -0.444 e. The smallest absolute Gasteiger partial charge is 0.410 e. The number of anilines is 1. The Morgan fingerprint density at radius 1 is 1.16 bits per heavy atom. The second-order valence-electron chi connectivity index (χ2n) is 9.38. The number of aromatic amines is 1. The van der Waals surface area contributed by atoms with Gasteiger partial charge in [-0.3, -0.25) is 4.90 Å². The maximum absolute atomic E-state index is 14.5. The fourth-order valence-corrected chi connectivity index (χ4v) is 4.41. The lowest BCUT2D eigenvalue weighted by Crippen LogP contribution is -2.58. The number of aromatic nitrogens is 3. The Bertz CT molecular complexity index is 1150. The van der Waals surface area contributed by atoms with Crippen molar-refractivity contribution in [2.45, 2.75) is 44.8 Å². The van der Waals surface area contributed by atoms with E-state index >= 15 is 0 Å². The van der Waals surface area contributed by atoms with Gasteiger partial charge in [0.05, 0.1) is 10.9 Å². The number of carbonyl (C=O) groups is 1. The van der Waals surface area contributed by atoms with Crippen molar-refractivity contribution in [1.29, 1.82) is 0 Å². The molecule has 1 spiro atoms. The number of hydrogen-bond acceptors (Lipinski definition) is 5. The standard InChI is InChI=1S/C23H26FN5O2/c1-22(2,3)31-21(30)29-11-10-28(13-23(29)8-9-23)20-18-16(12-25-19(18)26-14-27-20)15-6-4-5-7-17(15)24/h4-7,12,14H,8-11,13H2,1-3H3,(H,25,26,27). The van der Waals surface area contributed by atoms with Gasteiger partial charge in [-0.2, -0.15) is 0 Å². The molecule has 1 amide bonds. The molecule has 1 saturated heterocycles.